The summed E-state index contributed by atoms with van der Waals surface area (Å²) in [6.45, 7) is 0. The van der Waals surface area contributed by atoms with E-state index in [0.717, 1.165) is 11.3 Å². The van der Waals surface area contributed by atoms with Gasteiger partial charge < -0.3 is 14.3 Å². The Bertz CT molecular complexity index is 1340. The Hall–Kier alpha value is -3.83. The summed E-state index contributed by atoms with van der Waals surface area (Å²) in [7, 11) is 0. The van der Waals surface area contributed by atoms with Crippen LogP contribution in [0, 0.1) is 0 Å². The molecule has 2 aromatic heterocycles. The summed E-state index contributed by atoms with van der Waals surface area (Å²) in [5, 5.41) is 3.52. The van der Waals surface area contributed by atoms with Gasteiger partial charge in [0.15, 0.2) is 5.58 Å². The first-order chi connectivity index (χ1) is 14.7. The van der Waals surface area contributed by atoms with Crippen molar-refractivity contribution in [3.05, 3.63) is 102 Å². The lowest BCUT2D eigenvalue weighted by Gasteiger charge is -2.07. The fraction of sp³-hybridized carbons (Fsp3) is 0. The Kier molecular flexibility index (Phi) is 4.58. The molecule has 0 aliphatic rings. The molecule has 0 spiro atoms. The van der Waals surface area contributed by atoms with Gasteiger partial charge in [0.2, 0.25) is 5.89 Å². The Balaban J connectivity index is 1.36. The summed E-state index contributed by atoms with van der Waals surface area (Å²) in [5.41, 5.74) is 4.30. The summed E-state index contributed by atoms with van der Waals surface area (Å²) < 4.78 is 7.85. The summed E-state index contributed by atoms with van der Waals surface area (Å²) in [5.74, 6) is 0.291. The number of nitrogens with zero attached hydrogens (tertiary/aromatic N) is 2. The lowest BCUT2D eigenvalue weighted by Crippen LogP contribution is -2.11. The third kappa shape index (κ3) is 3.58. The van der Waals surface area contributed by atoms with Gasteiger partial charge >= 0.3 is 0 Å². The Morgan fingerprint density at radius 3 is 2.50 bits per heavy atom. The minimum Gasteiger partial charge on any atom is -0.436 e. The van der Waals surface area contributed by atoms with Crippen molar-refractivity contribution in [2.45, 2.75) is 0 Å². The molecule has 0 aliphatic carbocycles. The lowest BCUT2D eigenvalue weighted by molar-refractivity contribution is 0.102. The first-order valence-corrected chi connectivity index (χ1v) is 9.75. The fourth-order valence-corrected chi connectivity index (χ4v) is 3.43. The molecule has 0 aliphatic heterocycles. The molecule has 0 bridgehead atoms. The van der Waals surface area contributed by atoms with Gasteiger partial charge in [-0.3, -0.25) is 4.79 Å². The lowest BCUT2D eigenvalue weighted by atomic mass is 10.2. The van der Waals surface area contributed by atoms with Gasteiger partial charge in [-0.25, -0.2) is 4.98 Å². The van der Waals surface area contributed by atoms with Crippen molar-refractivity contribution in [2.75, 3.05) is 5.32 Å². The highest BCUT2D eigenvalue weighted by atomic mass is 35.5. The van der Waals surface area contributed by atoms with E-state index >= 15 is 0 Å². The maximum absolute atomic E-state index is 12.6. The van der Waals surface area contributed by atoms with Crippen LogP contribution < -0.4 is 5.32 Å². The monoisotopic (exact) mass is 413 g/mol. The number of aromatic nitrogens is 2. The van der Waals surface area contributed by atoms with Crippen LogP contribution in [0.2, 0.25) is 5.02 Å². The molecule has 0 unspecified atom stereocenters. The SMILES string of the molecule is O=C(Nc1ccc2nc(-c3cccc(Cl)c3)oc2c1)c1ccc(-n2cccc2)cc1. The molecule has 30 heavy (non-hydrogen) atoms. The van der Waals surface area contributed by atoms with Crippen LogP contribution in [0.3, 0.4) is 0 Å². The quantitative estimate of drug-likeness (QED) is 0.382. The average Bonchev–Trinajstić information content (AvgIpc) is 3.44. The Morgan fingerprint density at radius 1 is 0.933 bits per heavy atom. The van der Waals surface area contributed by atoms with Crippen LogP contribution >= 0.6 is 11.6 Å². The molecule has 0 saturated carbocycles. The van der Waals surface area contributed by atoms with E-state index in [1.54, 1.807) is 36.4 Å². The zero-order chi connectivity index (χ0) is 20.5. The van der Waals surface area contributed by atoms with Crippen LogP contribution in [-0.4, -0.2) is 15.5 Å². The average molecular weight is 414 g/mol. The van der Waals surface area contributed by atoms with Gasteiger partial charge in [-0.15, -0.1) is 0 Å². The first-order valence-electron chi connectivity index (χ1n) is 9.37. The summed E-state index contributed by atoms with van der Waals surface area (Å²) in [6.07, 6.45) is 3.92. The third-order valence-electron chi connectivity index (χ3n) is 4.75. The molecule has 3 aromatic carbocycles. The van der Waals surface area contributed by atoms with Gasteiger partial charge in [0.05, 0.1) is 0 Å². The molecule has 0 atom stereocenters. The molecule has 0 radical (unpaired) electrons. The van der Waals surface area contributed by atoms with Crippen molar-refractivity contribution in [1.29, 1.82) is 0 Å². The second kappa shape index (κ2) is 7.54. The minimum atomic E-state index is -0.192. The Morgan fingerprint density at radius 2 is 1.73 bits per heavy atom. The Labute approximate surface area is 177 Å². The summed E-state index contributed by atoms with van der Waals surface area (Å²) in [4.78, 5) is 17.1. The molecule has 2 heterocycles. The number of amides is 1. The highest BCUT2D eigenvalue weighted by Crippen LogP contribution is 2.28. The van der Waals surface area contributed by atoms with Gasteiger partial charge in [0.25, 0.3) is 5.91 Å². The van der Waals surface area contributed by atoms with E-state index < -0.39 is 0 Å². The number of fused-ring (bicyclic) bond motifs is 1. The van der Waals surface area contributed by atoms with Crippen LogP contribution in [0.25, 0.3) is 28.2 Å². The van der Waals surface area contributed by atoms with Crippen LogP contribution in [0.15, 0.2) is 95.7 Å². The molecule has 5 aromatic rings. The van der Waals surface area contributed by atoms with Crippen molar-refractivity contribution in [3.8, 4) is 17.1 Å². The molecule has 5 nitrogen and oxygen atoms in total. The largest absolute Gasteiger partial charge is 0.436 e. The van der Waals surface area contributed by atoms with Crippen molar-refractivity contribution in [2.24, 2.45) is 0 Å². The zero-order valence-corrected chi connectivity index (χ0v) is 16.5. The maximum atomic E-state index is 12.6. The van der Waals surface area contributed by atoms with E-state index in [1.165, 1.54) is 0 Å². The third-order valence-corrected chi connectivity index (χ3v) is 4.99. The number of benzene rings is 3. The van der Waals surface area contributed by atoms with Gasteiger partial charge in [0, 0.05) is 46.0 Å². The van der Waals surface area contributed by atoms with Crippen LogP contribution in [-0.2, 0) is 0 Å². The molecule has 1 N–H and O–H groups in total. The van der Waals surface area contributed by atoms with Crippen molar-refractivity contribution < 1.29 is 9.21 Å². The number of hydrogen-bond donors (Lipinski definition) is 1. The van der Waals surface area contributed by atoms with Gasteiger partial charge in [0.1, 0.15) is 5.52 Å². The standard InChI is InChI=1S/C24H16ClN3O2/c25-18-5-3-4-17(14-18)24-27-21-11-8-19(15-22(21)30-24)26-23(29)16-6-9-20(10-7-16)28-12-1-2-13-28/h1-15H,(H,26,29). The van der Waals surface area contributed by atoms with E-state index in [2.05, 4.69) is 10.3 Å². The zero-order valence-electron chi connectivity index (χ0n) is 15.7. The predicted octanol–water partition coefficient (Wildman–Crippen LogP) is 6.19. The number of nitrogens with one attached hydrogen (secondary N) is 1. The predicted molar refractivity (Wildman–Crippen MR) is 118 cm³/mol. The van der Waals surface area contributed by atoms with Crippen LogP contribution in [0.4, 0.5) is 5.69 Å². The number of hydrogen-bond acceptors (Lipinski definition) is 3. The van der Waals surface area contributed by atoms with Crippen LogP contribution in [0.1, 0.15) is 10.4 Å². The van der Waals surface area contributed by atoms with Gasteiger partial charge in [-0.05, 0) is 66.7 Å². The fourth-order valence-electron chi connectivity index (χ4n) is 3.24. The van der Waals surface area contributed by atoms with Crippen molar-refractivity contribution in [3.63, 3.8) is 0 Å². The molecule has 0 saturated heterocycles. The first kappa shape index (κ1) is 18.2. The number of halogens is 1. The van der Waals surface area contributed by atoms with E-state index in [-0.39, 0.29) is 5.91 Å². The van der Waals surface area contributed by atoms with E-state index in [9.17, 15) is 4.79 Å². The normalized spacial score (nSPS) is 11.0. The number of anilines is 1. The molecular weight excluding hydrogens is 398 g/mol. The second-order valence-corrected chi connectivity index (χ2v) is 7.24. The molecule has 0 fully saturated rings. The maximum Gasteiger partial charge on any atom is 0.255 e. The number of oxazole rings is 1. The highest BCUT2D eigenvalue weighted by Gasteiger charge is 2.11. The number of carbonyl (C=O) groups excluding carboxylic acids is 1. The second-order valence-electron chi connectivity index (χ2n) is 6.80. The van der Waals surface area contributed by atoms with Gasteiger partial charge in [-0.1, -0.05) is 17.7 Å². The van der Waals surface area contributed by atoms with Crippen LogP contribution in [0.5, 0.6) is 0 Å². The molecule has 5 rings (SSSR count). The van der Waals surface area contributed by atoms with E-state index in [4.69, 9.17) is 16.0 Å². The van der Waals surface area contributed by atoms with E-state index in [1.807, 2.05) is 59.4 Å². The smallest absolute Gasteiger partial charge is 0.255 e. The number of carbonyl (C=O) groups is 1. The molecular formula is C24H16ClN3O2. The molecule has 1 amide bonds. The molecule has 146 valence electrons. The highest BCUT2D eigenvalue weighted by molar-refractivity contribution is 6.30. The van der Waals surface area contributed by atoms with Crippen molar-refractivity contribution in [1.82, 2.24) is 9.55 Å². The van der Waals surface area contributed by atoms with Crippen molar-refractivity contribution >= 4 is 34.3 Å². The topological polar surface area (TPSA) is 60.1 Å². The number of rotatable bonds is 4. The minimum absolute atomic E-state index is 0.192. The summed E-state index contributed by atoms with van der Waals surface area (Å²) >= 11 is 6.05. The molecule has 6 heteroatoms. The van der Waals surface area contributed by atoms with Gasteiger partial charge in [-0.2, -0.15) is 0 Å². The summed E-state index contributed by atoms with van der Waals surface area (Å²) in [6, 6.07) is 24.0. The van der Waals surface area contributed by atoms with E-state index in [0.29, 0.717) is 33.3 Å².